The second-order valence-corrected chi connectivity index (χ2v) is 3.97. The Labute approximate surface area is 108 Å². The van der Waals surface area contributed by atoms with Crippen LogP contribution in [0.3, 0.4) is 0 Å². The molecule has 7 heteroatoms. The van der Waals surface area contributed by atoms with E-state index in [-0.39, 0.29) is 31.1 Å². The van der Waals surface area contributed by atoms with E-state index >= 15 is 0 Å². The minimum absolute atomic E-state index is 0.0172. The molecule has 0 saturated carbocycles. The van der Waals surface area contributed by atoms with E-state index in [9.17, 15) is 18.8 Å². The van der Waals surface area contributed by atoms with Gasteiger partial charge in [-0.2, -0.15) is 0 Å². The lowest BCUT2D eigenvalue weighted by atomic mass is 10.2. The van der Waals surface area contributed by atoms with E-state index in [2.05, 4.69) is 10.6 Å². The Balaban J connectivity index is 1.84. The molecule has 1 fully saturated rings. The number of rotatable bonds is 4. The maximum absolute atomic E-state index is 12.9. The Bertz CT molecular complexity index is 517. The number of nitrogens with zero attached hydrogens (tertiary/aromatic N) is 1. The fourth-order valence-corrected chi connectivity index (χ4v) is 1.69. The van der Waals surface area contributed by atoms with E-state index in [0.717, 1.165) is 11.0 Å². The van der Waals surface area contributed by atoms with Crippen LogP contribution in [0.2, 0.25) is 0 Å². The van der Waals surface area contributed by atoms with E-state index in [1.807, 2.05) is 0 Å². The molecule has 0 spiro atoms. The van der Waals surface area contributed by atoms with Crippen molar-refractivity contribution < 1.29 is 18.8 Å². The van der Waals surface area contributed by atoms with Crippen LogP contribution in [0.15, 0.2) is 24.3 Å². The predicted molar refractivity (Wildman–Crippen MR) is 63.8 cm³/mol. The second kappa shape index (κ2) is 5.47. The number of imide groups is 1. The molecule has 0 bridgehead atoms. The summed E-state index contributed by atoms with van der Waals surface area (Å²) in [5.74, 6) is -1.28. The molecule has 0 aliphatic carbocycles. The van der Waals surface area contributed by atoms with Crippen LogP contribution in [0.5, 0.6) is 0 Å². The first-order valence-corrected chi connectivity index (χ1v) is 5.70. The van der Waals surface area contributed by atoms with Gasteiger partial charge in [0.25, 0.3) is 5.91 Å². The number of hydrogen-bond acceptors (Lipinski definition) is 3. The molecule has 0 atom stereocenters. The zero-order chi connectivity index (χ0) is 13.8. The molecule has 0 radical (unpaired) electrons. The third kappa shape index (κ3) is 3.06. The third-order valence-electron chi connectivity index (χ3n) is 2.64. The van der Waals surface area contributed by atoms with Gasteiger partial charge < -0.3 is 10.6 Å². The van der Waals surface area contributed by atoms with Gasteiger partial charge in [-0.1, -0.05) is 6.07 Å². The topological polar surface area (TPSA) is 78.5 Å². The van der Waals surface area contributed by atoms with Crippen molar-refractivity contribution in [1.29, 1.82) is 0 Å². The smallest absolute Gasteiger partial charge is 0.324 e. The number of hydrogen-bond donors (Lipinski definition) is 2. The number of amides is 4. The Kier molecular flexibility index (Phi) is 3.74. The molecule has 6 nitrogen and oxygen atoms in total. The fraction of sp³-hybridized carbons (Fsp3) is 0.250. The lowest BCUT2D eigenvalue weighted by Crippen LogP contribution is -2.38. The van der Waals surface area contributed by atoms with Crippen molar-refractivity contribution in [3.8, 4) is 0 Å². The van der Waals surface area contributed by atoms with Crippen LogP contribution < -0.4 is 10.6 Å². The summed E-state index contributed by atoms with van der Waals surface area (Å²) in [6.45, 7) is 0.191. The van der Waals surface area contributed by atoms with Gasteiger partial charge in [-0.05, 0) is 18.2 Å². The molecular weight excluding hydrogens is 253 g/mol. The van der Waals surface area contributed by atoms with Crippen LogP contribution in [0.1, 0.15) is 10.4 Å². The third-order valence-corrected chi connectivity index (χ3v) is 2.64. The van der Waals surface area contributed by atoms with Gasteiger partial charge in [-0.3, -0.25) is 14.5 Å². The largest absolute Gasteiger partial charge is 0.350 e. The van der Waals surface area contributed by atoms with Crippen LogP contribution >= 0.6 is 0 Å². The summed E-state index contributed by atoms with van der Waals surface area (Å²) < 4.78 is 12.9. The van der Waals surface area contributed by atoms with Crippen molar-refractivity contribution in [1.82, 2.24) is 15.5 Å². The first-order chi connectivity index (χ1) is 9.08. The van der Waals surface area contributed by atoms with Gasteiger partial charge in [0.2, 0.25) is 5.91 Å². The van der Waals surface area contributed by atoms with Crippen LogP contribution in [0.25, 0.3) is 0 Å². The highest BCUT2D eigenvalue weighted by Gasteiger charge is 2.27. The molecule has 2 N–H and O–H groups in total. The number of nitrogens with one attached hydrogen (secondary N) is 2. The normalized spacial score (nSPS) is 14.5. The maximum atomic E-state index is 12.9. The number of benzene rings is 1. The van der Waals surface area contributed by atoms with E-state index < -0.39 is 17.8 Å². The standard InChI is InChI=1S/C12H12FN3O3/c13-9-3-1-2-8(6-9)11(18)14-4-5-16-10(17)7-15-12(16)19/h1-3,6H,4-5,7H2,(H,14,18)(H,15,19). The second-order valence-electron chi connectivity index (χ2n) is 3.97. The van der Waals surface area contributed by atoms with Crippen LogP contribution in [0, 0.1) is 5.82 Å². The summed E-state index contributed by atoms with van der Waals surface area (Å²) in [5, 5.41) is 4.89. The van der Waals surface area contributed by atoms with E-state index in [0.29, 0.717) is 0 Å². The highest BCUT2D eigenvalue weighted by Crippen LogP contribution is 2.03. The monoisotopic (exact) mass is 265 g/mol. The molecule has 1 saturated heterocycles. The van der Waals surface area contributed by atoms with Gasteiger partial charge in [0.1, 0.15) is 5.82 Å². The zero-order valence-electron chi connectivity index (χ0n) is 9.98. The summed E-state index contributed by atoms with van der Waals surface area (Å²) in [7, 11) is 0. The van der Waals surface area contributed by atoms with Crippen molar-refractivity contribution in [2.24, 2.45) is 0 Å². The Morgan fingerprint density at radius 1 is 1.42 bits per heavy atom. The number of halogens is 1. The molecule has 100 valence electrons. The Morgan fingerprint density at radius 3 is 2.84 bits per heavy atom. The van der Waals surface area contributed by atoms with Gasteiger partial charge in [-0.15, -0.1) is 0 Å². The molecule has 0 unspecified atom stereocenters. The maximum Gasteiger partial charge on any atom is 0.324 e. The van der Waals surface area contributed by atoms with Crippen molar-refractivity contribution in [2.75, 3.05) is 19.6 Å². The highest BCUT2D eigenvalue weighted by molar-refractivity contribution is 6.02. The van der Waals surface area contributed by atoms with Gasteiger partial charge in [0, 0.05) is 18.7 Å². The number of urea groups is 1. The first kappa shape index (κ1) is 13.0. The van der Waals surface area contributed by atoms with Gasteiger partial charge in [0.05, 0.1) is 6.54 Å². The molecule has 19 heavy (non-hydrogen) atoms. The molecule has 1 aromatic carbocycles. The van der Waals surface area contributed by atoms with Crippen molar-refractivity contribution in [3.05, 3.63) is 35.6 Å². The Hall–Kier alpha value is -2.44. The van der Waals surface area contributed by atoms with E-state index in [1.54, 1.807) is 0 Å². The Morgan fingerprint density at radius 2 is 2.21 bits per heavy atom. The fourth-order valence-electron chi connectivity index (χ4n) is 1.69. The minimum atomic E-state index is -0.498. The van der Waals surface area contributed by atoms with Gasteiger partial charge in [0.15, 0.2) is 0 Å². The molecule has 1 aliphatic heterocycles. The quantitative estimate of drug-likeness (QED) is 0.758. The SMILES string of the molecule is O=C(NCCN1C(=O)CNC1=O)c1cccc(F)c1. The first-order valence-electron chi connectivity index (χ1n) is 5.70. The van der Waals surface area contributed by atoms with Crippen molar-refractivity contribution in [3.63, 3.8) is 0 Å². The summed E-state index contributed by atoms with van der Waals surface area (Å²) in [6.07, 6.45) is 0. The highest BCUT2D eigenvalue weighted by atomic mass is 19.1. The summed E-state index contributed by atoms with van der Waals surface area (Å²) >= 11 is 0. The molecule has 4 amide bonds. The average molecular weight is 265 g/mol. The van der Waals surface area contributed by atoms with Crippen LogP contribution in [-0.2, 0) is 4.79 Å². The van der Waals surface area contributed by atoms with E-state index in [1.165, 1.54) is 18.2 Å². The predicted octanol–water partition coefficient (Wildman–Crippen LogP) is 0.107. The number of carbonyl (C=O) groups is 3. The molecule has 0 aromatic heterocycles. The van der Waals surface area contributed by atoms with Crippen molar-refractivity contribution in [2.45, 2.75) is 0 Å². The molecule has 1 aromatic rings. The molecule has 2 rings (SSSR count). The minimum Gasteiger partial charge on any atom is -0.350 e. The van der Waals surface area contributed by atoms with Gasteiger partial charge in [-0.25, -0.2) is 9.18 Å². The molecule has 1 heterocycles. The zero-order valence-corrected chi connectivity index (χ0v) is 9.98. The summed E-state index contributed by atoms with van der Waals surface area (Å²) in [6, 6.07) is 4.80. The molecular formula is C12H12FN3O3. The summed E-state index contributed by atoms with van der Waals surface area (Å²) in [5.41, 5.74) is 0.192. The summed E-state index contributed by atoms with van der Waals surface area (Å²) in [4.78, 5) is 35.1. The van der Waals surface area contributed by atoms with Crippen molar-refractivity contribution >= 4 is 17.8 Å². The number of carbonyl (C=O) groups excluding carboxylic acids is 3. The van der Waals surface area contributed by atoms with Crippen LogP contribution in [-0.4, -0.2) is 42.4 Å². The lowest BCUT2D eigenvalue weighted by molar-refractivity contribution is -0.124. The van der Waals surface area contributed by atoms with Crippen LogP contribution in [0.4, 0.5) is 9.18 Å². The van der Waals surface area contributed by atoms with E-state index in [4.69, 9.17) is 0 Å². The molecule has 1 aliphatic rings. The average Bonchev–Trinajstić information content (AvgIpc) is 2.70. The lowest BCUT2D eigenvalue weighted by Gasteiger charge is -2.12. The van der Waals surface area contributed by atoms with Gasteiger partial charge >= 0.3 is 6.03 Å².